The van der Waals surface area contributed by atoms with Crippen LogP contribution in [-0.4, -0.2) is 42.1 Å². The van der Waals surface area contributed by atoms with Crippen LogP contribution in [0.1, 0.15) is 26.7 Å². The van der Waals surface area contributed by atoms with Gasteiger partial charge in [-0.3, -0.25) is 4.79 Å². The highest BCUT2D eigenvalue weighted by atomic mass is 32.2. The van der Waals surface area contributed by atoms with Crippen LogP contribution in [0, 0.1) is 0 Å². The number of amides is 1. The van der Waals surface area contributed by atoms with Gasteiger partial charge in [0.1, 0.15) is 11.5 Å². The van der Waals surface area contributed by atoms with E-state index in [4.69, 9.17) is 13.9 Å². The van der Waals surface area contributed by atoms with E-state index < -0.39 is 0 Å². The highest BCUT2D eigenvalue weighted by molar-refractivity contribution is 7.99. The van der Waals surface area contributed by atoms with Gasteiger partial charge in [-0.25, -0.2) is 0 Å². The Kier molecular flexibility index (Phi) is 7.12. The zero-order chi connectivity index (χ0) is 18.2. The lowest BCUT2D eigenvalue weighted by molar-refractivity contribution is -0.119. The maximum Gasteiger partial charge on any atom is 0.277 e. The van der Waals surface area contributed by atoms with Crippen LogP contribution in [-0.2, 0) is 4.79 Å². The van der Waals surface area contributed by atoms with Crippen LogP contribution in [0.4, 0.5) is 0 Å². The van der Waals surface area contributed by atoms with E-state index in [1.54, 1.807) is 32.4 Å². The second-order valence-corrected chi connectivity index (χ2v) is 6.45. The zero-order valence-corrected chi connectivity index (χ0v) is 15.7. The third-order valence-corrected chi connectivity index (χ3v) is 4.28. The number of thioether (sulfide) groups is 1. The minimum Gasteiger partial charge on any atom is -0.497 e. The molecule has 0 aliphatic carbocycles. The van der Waals surface area contributed by atoms with Crippen molar-refractivity contribution in [3.63, 3.8) is 0 Å². The molecule has 1 aromatic heterocycles. The van der Waals surface area contributed by atoms with Crippen molar-refractivity contribution in [2.45, 2.75) is 38.0 Å². The van der Waals surface area contributed by atoms with Crippen LogP contribution in [0.2, 0.25) is 0 Å². The molecule has 0 aliphatic heterocycles. The summed E-state index contributed by atoms with van der Waals surface area (Å²) in [5.74, 6) is 1.79. The first-order chi connectivity index (χ1) is 12.0. The predicted octanol–water partition coefficient (Wildman–Crippen LogP) is 3.15. The van der Waals surface area contributed by atoms with E-state index in [1.165, 1.54) is 11.8 Å². The number of nitrogens with zero attached hydrogens (tertiary/aromatic N) is 2. The molecule has 0 unspecified atom stereocenters. The van der Waals surface area contributed by atoms with E-state index >= 15 is 0 Å². The molecule has 1 N–H and O–H groups in total. The molecule has 0 aliphatic rings. The van der Waals surface area contributed by atoms with Gasteiger partial charge < -0.3 is 19.2 Å². The minimum absolute atomic E-state index is 0.0475. The number of aromatic nitrogens is 2. The number of methoxy groups -OCH3 is 2. The van der Waals surface area contributed by atoms with Crippen LogP contribution < -0.4 is 14.8 Å². The molecule has 136 valence electrons. The number of hydrogen-bond donors (Lipinski definition) is 1. The molecule has 0 spiro atoms. The molecule has 2 aromatic rings. The van der Waals surface area contributed by atoms with E-state index in [0.717, 1.165) is 12.8 Å². The van der Waals surface area contributed by atoms with Gasteiger partial charge in [0.05, 0.1) is 20.0 Å². The van der Waals surface area contributed by atoms with E-state index in [9.17, 15) is 4.79 Å². The molecule has 0 radical (unpaired) electrons. The summed E-state index contributed by atoms with van der Waals surface area (Å²) in [7, 11) is 3.15. The summed E-state index contributed by atoms with van der Waals surface area (Å²) in [4.78, 5) is 11.9. The smallest absolute Gasteiger partial charge is 0.277 e. The Morgan fingerprint density at radius 2 is 1.92 bits per heavy atom. The van der Waals surface area contributed by atoms with Gasteiger partial charge in [0.2, 0.25) is 11.8 Å². The van der Waals surface area contributed by atoms with Crippen molar-refractivity contribution < 1.29 is 18.7 Å². The fourth-order valence-electron chi connectivity index (χ4n) is 2.26. The molecular formula is C17H23N3O4S. The van der Waals surface area contributed by atoms with E-state index in [-0.39, 0.29) is 17.7 Å². The molecule has 0 saturated heterocycles. The third kappa shape index (κ3) is 5.67. The number of hydrogen-bond acceptors (Lipinski definition) is 7. The second-order valence-electron chi connectivity index (χ2n) is 5.52. The van der Waals surface area contributed by atoms with Gasteiger partial charge in [-0.15, -0.1) is 10.2 Å². The highest BCUT2D eigenvalue weighted by Gasteiger charge is 2.14. The molecule has 7 nitrogen and oxygen atoms in total. The van der Waals surface area contributed by atoms with E-state index in [2.05, 4.69) is 22.4 Å². The summed E-state index contributed by atoms with van der Waals surface area (Å²) in [5.41, 5.74) is 0.691. The molecule has 1 aromatic carbocycles. The topological polar surface area (TPSA) is 86.5 Å². The average Bonchev–Trinajstić information content (AvgIpc) is 3.08. The molecule has 2 rings (SSSR count). The highest BCUT2D eigenvalue weighted by Crippen LogP contribution is 2.30. The molecule has 25 heavy (non-hydrogen) atoms. The lowest BCUT2D eigenvalue weighted by Crippen LogP contribution is -2.33. The van der Waals surface area contributed by atoms with E-state index in [0.29, 0.717) is 28.2 Å². The lowest BCUT2D eigenvalue weighted by atomic mass is 10.2. The number of ether oxygens (including phenoxy) is 2. The third-order valence-electron chi connectivity index (χ3n) is 3.46. The maximum atomic E-state index is 11.9. The molecular weight excluding hydrogens is 342 g/mol. The first-order valence-corrected chi connectivity index (χ1v) is 9.03. The van der Waals surface area contributed by atoms with Crippen LogP contribution in [0.5, 0.6) is 11.5 Å². The number of rotatable bonds is 9. The Hall–Kier alpha value is -2.22. The Labute approximate surface area is 151 Å². The largest absolute Gasteiger partial charge is 0.497 e. The van der Waals surface area contributed by atoms with Gasteiger partial charge in [-0.1, -0.05) is 25.1 Å². The summed E-state index contributed by atoms with van der Waals surface area (Å²) in [6, 6.07) is 5.49. The quantitative estimate of drug-likeness (QED) is 0.683. The van der Waals surface area contributed by atoms with Crippen molar-refractivity contribution >= 4 is 17.7 Å². The van der Waals surface area contributed by atoms with Gasteiger partial charge in [0.25, 0.3) is 5.22 Å². The number of nitrogens with one attached hydrogen (secondary N) is 1. The van der Waals surface area contributed by atoms with E-state index in [1.807, 2.05) is 6.92 Å². The average molecular weight is 365 g/mol. The minimum atomic E-state index is -0.0475. The Bertz CT molecular complexity index is 683. The van der Waals surface area contributed by atoms with Crippen molar-refractivity contribution in [3.05, 3.63) is 18.2 Å². The Morgan fingerprint density at radius 1 is 1.24 bits per heavy atom. The SMILES string of the molecule is CCC[C@H](C)NC(=O)CSc1nnc(-c2cc(OC)cc(OC)c2)o1. The molecule has 8 heteroatoms. The van der Waals surface area contributed by atoms with Crippen LogP contribution in [0.25, 0.3) is 11.5 Å². The normalized spacial score (nSPS) is 11.8. The molecule has 1 heterocycles. The molecule has 0 saturated carbocycles. The van der Waals surface area contributed by atoms with Crippen molar-refractivity contribution in [1.82, 2.24) is 15.5 Å². The summed E-state index contributed by atoms with van der Waals surface area (Å²) in [5, 5.41) is 11.3. The first kappa shape index (κ1) is 19.1. The van der Waals surface area contributed by atoms with Crippen molar-refractivity contribution in [2.24, 2.45) is 0 Å². The van der Waals surface area contributed by atoms with Crippen LogP contribution >= 0.6 is 11.8 Å². The molecule has 1 amide bonds. The lowest BCUT2D eigenvalue weighted by Gasteiger charge is -2.11. The van der Waals surface area contributed by atoms with Crippen LogP contribution in [0.15, 0.2) is 27.8 Å². The fraction of sp³-hybridized carbons (Fsp3) is 0.471. The summed E-state index contributed by atoms with van der Waals surface area (Å²) in [6.45, 7) is 4.08. The summed E-state index contributed by atoms with van der Waals surface area (Å²) < 4.78 is 16.1. The second kappa shape index (κ2) is 9.31. The van der Waals surface area contributed by atoms with Crippen molar-refractivity contribution in [2.75, 3.05) is 20.0 Å². The van der Waals surface area contributed by atoms with Gasteiger partial charge in [0.15, 0.2) is 0 Å². The molecule has 0 bridgehead atoms. The van der Waals surface area contributed by atoms with Crippen LogP contribution in [0.3, 0.4) is 0 Å². The van der Waals surface area contributed by atoms with Gasteiger partial charge in [0, 0.05) is 17.7 Å². The standard InChI is InChI=1S/C17H23N3O4S/c1-5-6-11(2)18-15(21)10-25-17-20-19-16(24-17)12-7-13(22-3)9-14(8-12)23-4/h7-9,11H,5-6,10H2,1-4H3,(H,18,21)/t11-/m0/s1. The Balaban J connectivity index is 1.99. The van der Waals surface area contributed by atoms with Crippen molar-refractivity contribution in [1.29, 1.82) is 0 Å². The van der Waals surface area contributed by atoms with Gasteiger partial charge in [-0.05, 0) is 25.5 Å². The number of carbonyl (C=O) groups is 1. The maximum absolute atomic E-state index is 11.9. The predicted molar refractivity (Wildman–Crippen MR) is 96.1 cm³/mol. The summed E-state index contributed by atoms with van der Waals surface area (Å²) >= 11 is 1.21. The zero-order valence-electron chi connectivity index (χ0n) is 14.9. The fourth-order valence-corrected chi connectivity index (χ4v) is 2.84. The number of carbonyl (C=O) groups excluding carboxylic acids is 1. The number of benzene rings is 1. The van der Waals surface area contributed by atoms with Gasteiger partial charge >= 0.3 is 0 Å². The first-order valence-electron chi connectivity index (χ1n) is 8.04. The Morgan fingerprint density at radius 3 is 2.52 bits per heavy atom. The summed E-state index contributed by atoms with van der Waals surface area (Å²) in [6.07, 6.45) is 1.99. The van der Waals surface area contributed by atoms with Gasteiger partial charge in [-0.2, -0.15) is 0 Å². The molecule has 0 fully saturated rings. The monoisotopic (exact) mass is 365 g/mol. The van der Waals surface area contributed by atoms with Crippen molar-refractivity contribution in [3.8, 4) is 23.0 Å². The molecule has 1 atom stereocenters.